The van der Waals surface area contributed by atoms with E-state index in [0.29, 0.717) is 49.2 Å². The number of carboxylic acid groups (broad SMARTS) is 1. The van der Waals surface area contributed by atoms with Crippen molar-refractivity contribution in [3.05, 3.63) is 58.7 Å². The average Bonchev–Trinajstić information content (AvgIpc) is 2.76. The van der Waals surface area contributed by atoms with Crippen molar-refractivity contribution in [1.82, 2.24) is 4.90 Å². The van der Waals surface area contributed by atoms with E-state index in [1.54, 1.807) is 30.0 Å². The van der Waals surface area contributed by atoms with Crippen molar-refractivity contribution in [2.75, 3.05) is 19.7 Å². The zero-order valence-electron chi connectivity index (χ0n) is 19.5. The van der Waals surface area contributed by atoms with Crippen LogP contribution < -0.4 is 9.47 Å². The molecule has 1 N–H and O–H groups in total. The van der Waals surface area contributed by atoms with E-state index >= 15 is 0 Å². The Kier molecular flexibility index (Phi) is 6.89. The van der Waals surface area contributed by atoms with Crippen LogP contribution in [-0.4, -0.2) is 41.8 Å². The van der Waals surface area contributed by atoms with Crippen LogP contribution in [0.25, 0.3) is 0 Å². The summed E-state index contributed by atoms with van der Waals surface area (Å²) in [7, 11) is 0. The number of hydrogen-bond acceptors (Lipinski definition) is 4. The summed E-state index contributed by atoms with van der Waals surface area (Å²) in [5.41, 5.74) is -1.86. The van der Waals surface area contributed by atoms with E-state index < -0.39 is 53.1 Å². The van der Waals surface area contributed by atoms with Crippen LogP contribution in [0.5, 0.6) is 11.5 Å². The molecule has 2 heterocycles. The van der Waals surface area contributed by atoms with Gasteiger partial charge in [0.1, 0.15) is 12.7 Å². The summed E-state index contributed by atoms with van der Waals surface area (Å²) in [6.07, 6.45) is -9.61. The minimum Gasteiger partial charge on any atom is -0.486 e. The van der Waals surface area contributed by atoms with Gasteiger partial charge in [0.15, 0.2) is 11.5 Å². The van der Waals surface area contributed by atoms with Gasteiger partial charge >= 0.3 is 18.3 Å². The summed E-state index contributed by atoms with van der Waals surface area (Å²) >= 11 is 0. The van der Waals surface area contributed by atoms with E-state index in [-0.39, 0.29) is 12.5 Å². The molecule has 3 unspecified atom stereocenters. The Morgan fingerprint density at radius 2 is 1.72 bits per heavy atom. The van der Waals surface area contributed by atoms with Crippen LogP contribution in [0.2, 0.25) is 0 Å². The van der Waals surface area contributed by atoms with Crippen molar-refractivity contribution < 1.29 is 45.7 Å². The number of alkyl halides is 6. The van der Waals surface area contributed by atoms with Gasteiger partial charge in [-0.25, -0.2) is 0 Å². The molecule has 2 aliphatic heterocycles. The zero-order valence-corrected chi connectivity index (χ0v) is 19.5. The third-order valence-corrected chi connectivity index (χ3v) is 6.80. The molecule has 2 aromatic carbocycles. The second-order valence-corrected chi connectivity index (χ2v) is 9.38. The van der Waals surface area contributed by atoms with Crippen LogP contribution in [-0.2, 0) is 23.6 Å². The van der Waals surface area contributed by atoms with Crippen LogP contribution in [0.4, 0.5) is 26.3 Å². The molecular formula is C25H25F6NO4. The minimum absolute atomic E-state index is 0.0951. The molecule has 3 atom stereocenters. The van der Waals surface area contributed by atoms with Gasteiger partial charge in [0.05, 0.1) is 17.0 Å². The molecule has 36 heavy (non-hydrogen) atoms. The Bertz CT molecular complexity index is 1130. The smallest absolute Gasteiger partial charge is 0.416 e. The van der Waals surface area contributed by atoms with E-state index in [2.05, 4.69) is 0 Å². The lowest BCUT2D eigenvalue weighted by atomic mass is 9.88. The first-order valence-electron chi connectivity index (χ1n) is 11.4. The number of ether oxygens (including phenoxy) is 2. The SMILES string of the molecule is CC(Cc1ccc2c(c1)OC(C1CN(C(C)c3cc(C(F)(F)F)ccc3C(F)(F)F)C1)CO2)C(=O)O. The summed E-state index contributed by atoms with van der Waals surface area (Å²) in [4.78, 5) is 12.8. The third kappa shape index (κ3) is 5.40. The fourth-order valence-corrected chi connectivity index (χ4v) is 4.57. The molecule has 0 bridgehead atoms. The molecule has 0 radical (unpaired) electrons. The van der Waals surface area contributed by atoms with Gasteiger partial charge in [-0.3, -0.25) is 9.69 Å². The topological polar surface area (TPSA) is 59.0 Å². The molecule has 4 rings (SSSR count). The van der Waals surface area contributed by atoms with Gasteiger partial charge in [0, 0.05) is 25.0 Å². The molecular weight excluding hydrogens is 492 g/mol. The molecule has 0 spiro atoms. The fourth-order valence-electron chi connectivity index (χ4n) is 4.57. The quantitative estimate of drug-likeness (QED) is 0.490. The van der Waals surface area contributed by atoms with Crippen molar-refractivity contribution >= 4 is 5.97 Å². The van der Waals surface area contributed by atoms with Gasteiger partial charge in [-0.15, -0.1) is 0 Å². The van der Waals surface area contributed by atoms with Crippen molar-refractivity contribution in [3.63, 3.8) is 0 Å². The number of rotatable bonds is 6. The molecule has 2 aromatic rings. The maximum Gasteiger partial charge on any atom is 0.416 e. The maximum atomic E-state index is 13.5. The van der Waals surface area contributed by atoms with Crippen LogP contribution in [0.15, 0.2) is 36.4 Å². The van der Waals surface area contributed by atoms with Crippen molar-refractivity contribution in [2.45, 2.75) is 44.8 Å². The monoisotopic (exact) mass is 517 g/mol. The van der Waals surface area contributed by atoms with Crippen LogP contribution in [0.3, 0.4) is 0 Å². The summed E-state index contributed by atoms with van der Waals surface area (Å²) in [5.74, 6) is -0.614. The van der Waals surface area contributed by atoms with E-state index in [1.807, 2.05) is 0 Å². The summed E-state index contributed by atoms with van der Waals surface area (Å²) in [5, 5.41) is 9.13. The molecule has 0 aliphatic carbocycles. The average molecular weight is 517 g/mol. The second kappa shape index (κ2) is 9.49. The predicted molar refractivity (Wildman–Crippen MR) is 117 cm³/mol. The number of benzene rings is 2. The normalized spacial score (nSPS) is 20.5. The lowest BCUT2D eigenvalue weighted by molar-refractivity contribution is -0.142. The summed E-state index contributed by atoms with van der Waals surface area (Å²) in [6, 6.07) is 5.83. The molecule has 2 aliphatic rings. The highest BCUT2D eigenvalue weighted by Crippen LogP contribution is 2.43. The molecule has 196 valence electrons. The Hall–Kier alpha value is -2.95. The summed E-state index contributed by atoms with van der Waals surface area (Å²) < 4.78 is 91.9. The number of likely N-dealkylation sites (tertiary alicyclic amines) is 1. The highest BCUT2D eigenvalue weighted by atomic mass is 19.4. The molecule has 0 saturated carbocycles. The number of aliphatic carboxylic acids is 1. The van der Waals surface area contributed by atoms with Gasteiger partial charge in [0.25, 0.3) is 0 Å². The number of nitrogens with zero attached hydrogens (tertiary/aromatic N) is 1. The van der Waals surface area contributed by atoms with E-state index in [9.17, 15) is 31.1 Å². The van der Waals surface area contributed by atoms with Gasteiger partial charge < -0.3 is 14.6 Å². The Morgan fingerprint density at radius 1 is 1.03 bits per heavy atom. The van der Waals surface area contributed by atoms with E-state index in [4.69, 9.17) is 14.6 Å². The van der Waals surface area contributed by atoms with Crippen molar-refractivity contribution in [3.8, 4) is 11.5 Å². The number of carboxylic acids is 1. The number of hydrogen-bond donors (Lipinski definition) is 1. The highest BCUT2D eigenvalue weighted by molar-refractivity contribution is 5.70. The molecule has 1 saturated heterocycles. The van der Waals surface area contributed by atoms with Crippen LogP contribution >= 0.6 is 0 Å². The molecule has 11 heteroatoms. The van der Waals surface area contributed by atoms with Gasteiger partial charge in [-0.05, 0) is 54.8 Å². The number of halogens is 6. The van der Waals surface area contributed by atoms with Crippen LogP contribution in [0, 0.1) is 11.8 Å². The first-order valence-corrected chi connectivity index (χ1v) is 11.4. The lowest BCUT2D eigenvalue weighted by Crippen LogP contribution is -2.56. The van der Waals surface area contributed by atoms with Gasteiger partial charge in [0.2, 0.25) is 0 Å². The Balaban J connectivity index is 1.45. The highest BCUT2D eigenvalue weighted by Gasteiger charge is 2.43. The first kappa shape index (κ1) is 26.1. The Morgan fingerprint density at radius 3 is 2.33 bits per heavy atom. The van der Waals surface area contributed by atoms with E-state index in [1.165, 1.54) is 6.92 Å². The van der Waals surface area contributed by atoms with Crippen molar-refractivity contribution in [2.24, 2.45) is 11.8 Å². The first-order chi connectivity index (χ1) is 16.7. The maximum absolute atomic E-state index is 13.5. The molecule has 0 aromatic heterocycles. The van der Waals surface area contributed by atoms with Crippen LogP contribution in [0.1, 0.15) is 42.1 Å². The summed E-state index contributed by atoms with van der Waals surface area (Å²) in [6.45, 7) is 3.94. The van der Waals surface area contributed by atoms with Gasteiger partial charge in [-0.1, -0.05) is 13.0 Å². The van der Waals surface area contributed by atoms with E-state index in [0.717, 1.165) is 5.56 Å². The molecule has 0 amide bonds. The Labute approximate surface area is 203 Å². The largest absolute Gasteiger partial charge is 0.486 e. The minimum atomic E-state index is -4.78. The molecule has 5 nitrogen and oxygen atoms in total. The fraction of sp³-hybridized carbons (Fsp3) is 0.480. The second-order valence-electron chi connectivity index (χ2n) is 9.38. The zero-order chi connectivity index (χ0) is 26.4. The third-order valence-electron chi connectivity index (χ3n) is 6.80. The number of fused-ring (bicyclic) bond motifs is 1. The standard InChI is InChI=1S/C25H25F6NO4/c1-13(23(33)34)7-15-3-6-20-21(8-15)36-22(12-35-20)16-10-32(11-16)14(2)18-9-17(24(26,27)28)4-5-19(18)25(29,30)31/h3-6,8-9,13-14,16,22H,7,10-12H2,1-2H3,(H,33,34). The van der Waals surface area contributed by atoms with Crippen molar-refractivity contribution in [1.29, 1.82) is 0 Å². The van der Waals surface area contributed by atoms with Gasteiger partial charge in [-0.2, -0.15) is 26.3 Å². The molecule has 1 fully saturated rings. The number of carbonyl (C=O) groups is 1. The lowest BCUT2D eigenvalue weighted by Gasteiger charge is -2.47. The predicted octanol–water partition coefficient (Wildman–Crippen LogP) is 5.82.